The van der Waals surface area contributed by atoms with Gasteiger partial charge in [0.25, 0.3) is 0 Å². The normalized spacial score (nSPS) is 9.43. The Balaban J connectivity index is 2.39. The Morgan fingerprint density at radius 3 is 3.07 bits per heavy atom. The van der Waals surface area contributed by atoms with Gasteiger partial charge < -0.3 is 9.88 Å². The maximum absolute atomic E-state index is 11.4. The Labute approximate surface area is 83.1 Å². The summed E-state index contributed by atoms with van der Waals surface area (Å²) < 4.78 is 0. The summed E-state index contributed by atoms with van der Waals surface area (Å²) >= 11 is 0. The molecule has 0 bridgehead atoms. The first-order valence-corrected chi connectivity index (χ1v) is 4.46. The van der Waals surface area contributed by atoms with Gasteiger partial charge in [0.05, 0.1) is 6.07 Å². The van der Waals surface area contributed by atoms with Gasteiger partial charge in [0.1, 0.15) is 0 Å². The Morgan fingerprint density at radius 2 is 2.50 bits per heavy atom. The summed E-state index contributed by atoms with van der Waals surface area (Å²) in [7, 11) is 1.74. The Bertz CT molecular complexity index is 324. The van der Waals surface area contributed by atoms with E-state index >= 15 is 0 Å². The first-order chi connectivity index (χ1) is 6.74. The molecule has 0 aromatic carbocycles. The van der Waals surface area contributed by atoms with E-state index in [2.05, 4.69) is 4.98 Å². The lowest BCUT2D eigenvalue weighted by atomic mass is 10.2. The van der Waals surface area contributed by atoms with Crippen LogP contribution >= 0.6 is 0 Å². The molecular weight excluding hydrogens is 178 g/mol. The van der Waals surface area contributed by atoms with Crippen LogP contribution in [0.5, 0.6) is 0 Å². The molecule has 0 aliphatic rings. The number of nitriles is 1. The highest BCUT2D eigenvalue weighted by atomic mass is 16.2. The molecule has 1 N–H and O–H groups in total. The predicted molar refractivity (Wildman–Crippen MR) is 52.1 cm³/mol. The number of H-pyrrole nitrogens is 1. The summed E-state index contributed by atoms with van der Waals surface area (Å²) in [4.78, 5) is 15.9. The van der Waals surface area contributed by atoms with E-state index in [0.717, 1.165) is 5.56 Å². The maximum atomic E-state index is 11.4. The SMILES string of the molecule is CN(Cc1cc[nH]c1)C(=O)CCC#N. The minimum absolute atomic E-state index is 0.00718. The number of hydrogen-bond donors (Lipinski definition) is 1. The molecule has 0 aliphatic carbocycles. The van der Waals surface area contributed by atoms with E-state index in [4.69, 9.17) is 5.26 Å². The minimum Gasteiger partial charge on any atom is -0.367 e. The zero-order chi connectivity index (χ0) is 10.4. The van der Waals surface area contributed by atoms with Crippen LogP contribution < -0.4 is 0 Å². The van der Waals surface area contributed by atoms with Crippen molar-refractivity contribution in [3.05, 3.63) is 24.0 Å². The lowest BCUT2D eigenvalue weighted by molar-refractivity contribution is -0.130. The standard InChI is InChI=1S/C10H13N3O/c1-13(10(14)3-2-5-11)8-9-4-6-12-7-9/h4,6-7,12H,2-3,8H2,1H3. The molecule has 1 aromatic heterocycles. The first kappa shape index (κ1) is 10.3. The van der Waals surface area contributed by atoms with E-state index in [0.29, 0.717) is 13.0 Å². The summed E-state index contributed by atoms with van der Waals surface area (Å²) in [5, 5.41) is 8.33. The smallest absolute Gasteiger partial charge is 0.223 e. The second-order valence-corrected chi connectivity index (χ2v) is 3.13. The van der Waals surface area contributed by atoms with Gasteiger partial charge in [0, 0.05) is 38.8 Å². The fourth-order valence-corrected chi connectivity index (χ4v) is 1.17. The van der Waals surface area contributed by atoms with Gasteiger partial charge in [-0.3, -0.25) is 4.79 Å². The molecule has 0 saturated carbocycles. The van der Waals surface area contributed by atoms with E-state index in [9.17, 15) is 4.79 Å². The molecule has 0 saturated heterocycles. The van der Waals surface area contributed by atoms with E-state index < -0.39 is 0 Å². The maximum Gasteiger partial charge on any atom is 0.223 e. The number of nitrogens with one attached hydrogen (secondary N) is 1. The van der Waals surface area contributed by atoms with E-state index in [-0.39, 0.29) is 12.3 Å². The number of nitrogens with zero attached hydrogens (tertiary/aromatic N) is 2. The van der Waals surface area contributed by atoms with Gasteiger partial charge in [0.2, 0.25) is 5.91 Å². The molecule has 0 radical (unpaired) electrons. The van der Waals surface area contributed by atoms with Crippen molar-refractivity contribution in [3.63, 3.8) is 0 Å². The van der Waals surface area contributed by atoms with E-state index in [1.165, 1.54) is 0 Å². The zero-order valence-corrected chi connectivity index (χ0v) is 8.16. The topological polar surface area (TPSA) is 59.9 Å². The van der Waals surface area contributed by atoms with E-state index in [1.54, 1.807) is 11.9 Å². The lowest BCUT2D eigenvalue weighted by Crippen LogP contribution is -2.25. The van der Waals surface area contributed by atoms with Gasteiger partial charge in [-0.2, -0.15) is 5.26 Å². The van der Waals surface area contributed by atoms with Crippen LogP contribution in [0.1, 0.15) is 18.4 Å². The highest BCUT2D eigenvalue weighted by molar-refractivity contribution is 5.76. The Kier molecular flexibility index (Phi) is 3.74. The largest absolute Gasteiger partial charge is 0.367 e. The van der Waals surface area contributed by atoms with Crippen molar-refractivity contribution in [1.82, 2.24) is 9.88 Å². The quantitative estimate of drug-likeness (QED) is 0.779. The zero-order valence-electron chi connectivity index (χ0n) is 8.16. The van der Waals surface area contributed by atoms with Crippen LogP contribution in [-0.2, 0) is 11.3 Å². The molecule has 0 spiro atoms. The fraction of sp³-hybridized carbons (Fsp3) is 0.400. The molecule has 0 unspecified atom stereocenters. The molecule has 1 rings (SSSR count). The van der Waals surface area contributed by atoms with Crippen molar-refractivity contribution in [2.45, 2.75) is 19.4 Å². The molecule has 14 heavy (non-hydrogen) atoms. The first-order valence-electron chi connectivity index (χ1n) is 4.46. The van der Waals surface area contributed by atoms with Crippen LogP contribution in [0.25, 0.3) is 0 Å². The molecule has 1 heterocycles. The van der Waals surface area contributed by atoms with Crippen LogP contribution in [0.3, 0.4) is 0 Å². The Hall–Kier alpha value is -1.76. The van der Waals surface area contributed by atoms with Crippen molar-refractivity contribution in [2.24, 2.45) is 0 Å². The van der Waals surface area contributed by atoms with E-state index in [1.807, 2.05) is 24.5 Å². The number of amides is 1. The average molecular weight is 191 g/mol. The predicted octanol–water partition coefficient (Wildman–Crippen LogP) is 1.28. The third-order valence-corrected chi connectivity index (χ3v) is 1.96. The van der Waals surface area contributed by atoms with Crippen LogP contribution in [0, 0.1) is 11.3 Å². The second kappa shape index (κ2) is 5.07. The summed E-state index contributed by atoms with van der Waals surface area (Å²) in [5.74, 6) is 0.00718. The monoisotopic (exact) mass is 191 g/mol. The van der Waals surface area contributed by atoms with Crippen LogP contribution in [0.4, 0.5) is 0 Å². The number of aromatic amines is 1. The molecule has 1 aromatic rings. The molecule has 1 amide bonds. The van der Waals surface area contributed by atoms with Gasteiger partial charge in [-0.15, -0.1) is 0 Å². The molecular formula is C10H13N3O. The number of hydrogen-bond acceptors (Lipinski definition) is 2. The van der Waals surface area contributed by atoms with Crippen molar-refractivity contribution in [3.8, 4) is 6.07 Å². The molecule has 4 heteroatoms. The molecule has 0 fully saturated rings. The number of rotatable bonds is 4. The summed E-state index contributed by atoms with van der Waals surface area (Å²) in [5.41, 5.74) is 1.07. The van der Waals surface area contributed by atoms with Crippen LogP contribution in [0.15, 0.2) is 18.5 Å². The highest BCUT2D eigenvalue weighted by Crippen LogP contribution is 2.03. The molecule has 0 atom stereocenters. The second-order valence-electron chi connectivity index (χ2n) is 3.13. The molecule has 74 valence electrons. The number of aromatic nitrogens is 1. The van der Waals surface area contributed by atoms with Gasteiger partial charge >= 0.3 is 0 Å². The van der Waals surface area contributed by atoms with Gasteiger partial charge in [-0.05, 0) is 11.6 Å². The summed E-state index contributed by atoms with van der Waals surface area (Å²) in [6.45, 7) is 0.591. The van der Waals surface area contributed by atoms with Gasteiger partial charge in [-0.25, -0.2) is 0 Å². The molecule has 0 aliphatic heterocycles. The third kappa shape index (κ3) is 2.94. The Morgan fingerprint density at radius 1 is 1.71 bits per heavy atom. The van der Waals surface area contributed by atoms with Crippen molar-refractivity contribution < 1.29 is 4.79 Å². The van der Waals surface area contributed by atoms with Gasteiger partial charge in [-0.1, -0.05) is 0 Å². The lowest BCUT2D eigenvalue weighted by Gasteiger charge is -2.15. The van der Waals surface area contributed by atoms with Crippen LogP contribution in [-0.4, -0.2) is 22.8 Å². The fourth-order valence-electron chi connectivity index (χ4n) is 1.17. The minimum atomic E-state index is 0.00718. The van der Waals surface area contributed by atoms with Crippen molar-refractivity contribution in [1.29, 1.82) is 5.26 Å². The van der Waals surface area contributed by atoms with Gasteiger partial charge in [0.15, 0.2) is 0 Å². The summed E-state index contributed by atoms with van der Waals surface area (Å²) in [6.07, 6.45) is 4.27. The molecule has 4 nitrogen and oxygen atoms in total. The third-order valence-electron chi connectivity index (χ3n) is 1.96. The van der Waals surface area contributed by atoms with Crippen LogP contribution in [0.2, 0.25) is 0 Å². The number of carbonyl (C=O) groups is 1. The summed E-state index contributed by atoms with van der Waals surface area (Å²) in [6, 6.07) is 3.88. The van der Waals surface area contributed by atoms with Crippen molar-refractivity contribution in [2.75, 3.05) is 7.05 Å². The number of carbonyl (C=O) groups excluding carboxylic acids is 1. The van der Waals surface area contributed by atoms with Crippen molar-refractivity contribution >= 4 is 5.91 Å². The average Bonchev–Trinajstić information content (AvgIpc) is 2.66. The highest BCUT2D eigenvalue weighted by Gasteiger charge is 2.08.